The maximum absolute atomic E-state index is 5.97. The molecule has 0 unspecified atom stereocenters. The van der Waals surface area contributed by atoms with E-state index in [0.717, 1.165) is 16.8 Å². The number of fused-ring (bicyclic) bond motifs is 3. The van der Waals surface area contributed by atoms with Crippen LogP contribution in [0.3, 0.4) is 0 Å². The van der Waals surface area contributed by atoms with Crippen LogP contribution < -0.4 is 9.40 Å². The molecule has 5 nitrogen and oxygen atoms in total. The summed E-state index contributed by atoms with van der Waals surface area (Å²) in [6.07, 6.45) is 8.08. The Hall–Kier alpha value is -2.50. The lowest BCUT2D eigenvalue weighted by atomic mass is 9.64. The Morgan fingerprint density at radius 3 is 2.90 bits per heavy atom. The van der Waals surface area contributed by atoms with Crippen molar-refractivity contribution in [1.82, 2.24) is 9.67 Å². The van der Waals surface area contributed by atoms with E-state index in [1.54, 1.807) is 6.20 Å². The predicted molar refractivity (Wildman–Crippen MR) is 82.8 cm³/mol. The maximum atomic E-state index is 5.97. The van der Waals surface area contributed by atoms with Crippen LogP contribution in [0.2, 0.25) is 0 Å². The van der Waals surface area contributed by atoms with Gasteiger partial charge in [-0.1, -0.05) is 0 Å². The van der Waals surface area contributed by atoms with Gasteiger partial charge in [0.25, 0.3) is 0 Å². The van der Waals surface area contributed by atoms with E-state index < -0.39 is 0 Å². The molecule has 0 saturated heterocycles. The molecule has 3 aromatic heterocycles. The highest BCUT2D eigenvalue weighted by Crippen LogP contribution is 2.36. The number of nitrogens with zero attached hydrogens (tertiary/aromatic N) is 4. The molecule has 4 heterocycles. The number of hydrogen-bond acceptors (Lipinski definition) is 3. The van der Waals surface area contributed by atoms with Gasteiger partial charge in [-0.15, -0.1) is 0 Å². The molecule has 6 heteroatoms. The Bertz CT molecular complexity index is 864. The topological polar surface area (TPSA) is 38.1 Å². The van der Waals surface area contributed by atoms with E-state index in [1.165, 1.54) is 5.47 Å². The normalized spacial score (nSPS) is 14.5. The Morgan fingerprint density at radius 1 is 1.29 bits per heavy atom. The van der Waals surface area contributed by atoms with E-state index in [-0.39, 0.29) is 6.98 Å². The highest BCUT2D eigenvalue weighted by atomic mass is 16.4. The van der Waals surface area contributed by atoms with Crippen molar-refractivity contribution in [2.75, 3.05) is 11.9 Å². The van der Waals surface area contributed by atoms with Gasteiger partial charge >= 0.3 is 6.98 Å². The van der Waals surface area contributed by atoms with Crippen LogP contribution in [0.5, 0.6) is 0 Å². The highest BCUT2D eigenvalue weighted by molar-refractivity contribution is 6.64. The number of allylic oxidation sites excluding steroid dienone is 1. The van der Waals surface area contributed by atoms with Crippen molar-refractivity contribution < 1.29 is 9.01 Å². The van der Waals surface area contributed by atoms with Crippen molar-refractivity contribution in [2.45, 2.75) is 6.92 Å². The summed E-state index contributed by atoms with van der Waals surface area (Å²) < 4.78 is 10.2. The number of pyridine rings is 1. The first-order valence-electron chi connectivity index (χ1n) is 6.98. The summed E-state index contributed by atoms with van der Waals surface area (Å²) in [7, 11) is 4.10. The minimum Gasteiger partial charge on any atom is -0.423 e. The van der Waals surface area contributed by atoms with Crippen LogP contribution in [-0.2, 0) is 7.05 Å². The van der Waals surface area contributed by atoms with Crippen molar-refractivity contribution in [3.8, 4) is 0 Å². The van der Waals surface area contributed by atoms with E-state index in [1.807, 2.05) is 25.4 Å². The number of anilines is 1. The van der Waals surface area contributed by atoms with Gasteiger partial charge in [-0.3, -0.25) is 0 Å². The zero-order chi connectivity index (χ0) is 14.6. The summed E-state index contributed by atoms with van der Waals surface area (Å²) in [5, 5.41) is 1.06. The number of furan rings is 1. The van der Waals surface area contributed by atoms with Crippen LogP contribution in [0.25, 0.3) is 17.2 Å². The van der Waals surface area contributed by atoms with E-state index in [4.69, 9.17) is 4.42 Å². The van der Waals surface area contributed by atoms with Gasteiger partial charge in [-0.05, 0) is 25.1 Å². The Labute approximate surface area is 123 Å². The Balaban J connectivity index is 1.93. The molecular formula is C15H16BN4O+. The molecule has 0 bridgehead atoms. The van der Waals surface area contributed by atoms with Crippen LogP contribution in [-0.4, -0.2) is 23.7 Å². The van der Waals surface area contributed by atoms with Crippen LogP contribution in [0.1, 0.15) is 12.5 Å². The zero-order valence-corrected chi connectivity index (χ0v) is 12.3. The number of rotatable bonds is 1. The fraction of sp³-hybridized carbons (Fsp3) is 0.200. The van der Waals surface area contributed by atoms with Crippen molar-refractivity contribution >= 4 is 30.0 Å². The van der Waals surface area contributed by atoms with Crippen molar-refractivity contribution in [2.24, 2.45) is 7.05 Å². The average molecular weight is 279 g/mol. The quantitative estimate of drug-likeness (QED) is 0.638. The minimum absolute atomic E-state index is 0.109. The molecule has 1 aliphatic heterocycles. The molecule has 0 N–H and O–H groups in total. The van der Waals surface area contributed by atoms with E-state index in [0.29, 0.717) is 5.71 Å². The molecule has 0 saturated carbocycles. The van der Waals surface area contributed by atoms with Crippen LogP contribution in [0.4, 0.5) is 5.88 Å². The molecular weight excluding hydrogens is 263 g/mol. The van der Waals surface area contributed by atoms with Crippen LogP contribution in [0.15, 0.2) is 46.7 Å². The maximum Gasteiger partial charge on any atom is 0.674 e. The van der Waals surface area contributed by atoms with E-state index >= 15 is 0 Å². The Morgan fingerprint density at radius 2 is 2.14 bits per heavy atom. The first-order valence-corrected chi connectivity index (χ1v) is 6.98. The lowest BCUT2D eigenvalue weighted by Gasteiger charge is -2.22. The third kappa shape index (κ3) is 1.65. The van der Waals surface area contributed by atoms with E-state index in [9.17, 15) is 0 Å². The monoisotopic (exact) mass is 279 g/mol. The lowest BCUT2D eigenvalue weighted by Crippen LogP contribution is -2.66. The molecule has 3 aromatic rings. The van der Waals surface area contributed by atoms with Crippen LogP contribution >= 0.6 is 0 Å². The lowest BCUT2D eigenvalue weighted by molar-refractivity contribution is -0.629. The number of aromatic nitrogens is 3. The zero-order valence-electron chi connectivity index (χ0n) is 12.3. The summed E-state index contributed by atoms with van der Waals surface area (Å²) >= 11 is 0. The largest absolute Gasteiger partial charge is 0.674 e. The smallest absolute Gasteiger partial charge is 0.423 e. The summed E-state index contributed by atoms with van der Waals surface area (Å²) in [5.74, 6) is 0.869. The summed E-state index contributed by atoms with van der Waals surface area (Å²) in [5.41, 5.74) is 3.07. The number of aryl methyl sites for hydroxylation is 1. The molecule has 21 heavy (non-hydrogen) atoms. The van der Waals surface area contributed by atoms with Crippen LogP contribution in [0, 0.1) is 0 Å². The Kier molecular flexibility index (Phi) is 2.48. The van der Waals surface area contributed by atoms with Crippen molar-refractivity contribution in [3.63, 3.8) is 0 Å². The van der Waals surface area contributed by atoms with Gasteiger partial charge < -0.3 is 9.23 Å². The first-order chi connectivity index (χ1) is 10.2. The molecule has 0 aromatic carbocycles. The molecule has 0 aliphatic carbocycles. The second-order valence-electron chi connectivity index (χ2n) is 5.49. The number of hydrogen-bond donors (Lipinski definition) is 0. The van der Waals surface area contributed by atoms with Gasteiger partial charge in [-0.25, -0.2) is 4.98 Å². The minimum atomic E-state index is 0.109. The predicted octanol–water partition coefficient (Wildman–Crippen LogP) is 1.88. The molecule has 0 radical (unpaired) electrons. The summed E-state index contributed by atoms with van der Waals surface area (Å²) in [6, 6.07) is 6.04. The SMILES string of the molecule is CC1=Cc2c(oc3ncccc23)N(C)B1[n+]1cccn1C. The second kappa shape index (κ2) is 4.25. The molecule has 0 fully saturated rings. The fourth-order valence-corrected chi connectivity index (χ4v) is 3.13. The molecule has 1 aliphatic rings. The van der Waals surface area contributed by atoms with Gasteiger partial charge in [0.05, 0.1) is 13.2 Å². The van der Waals surface area contributed by atoms with Crippen molar-refractivity contribution in [3.05, 3.63) is 47.8 Å². The molecule has 0 atom stereocenters. The standard InChI is InChI=1S/C15H16BN4O/c1-11-10-13-12-6-4-7-17-14(12)21-15(13)19(3)16(11)20-9-5-8-18(20)2/h4-10H,1-3H3/q+1. The molecule has 104 valence electrons. The van der Waals surface area contributed by atoms with E-state index in [2.05, 4.69) is 51.4 Å². The molecule has 4 rings (SSSR count). The van der Waals surface area contributed by atoms with Crippen molar-refractivity contribution in [1.29, 1.82) is 0 Å². The van der Waals surface area contributed by atoms with Gasteiger partial charge in [0.2, 0.25) is 5.71 Å². The average Bonchev–Trinajstić information content (AvgIpc) is 3.04. The molecule has 0 amide bonds. The van der Waals surface area contributed by atoms with Gasteiger partial charge in [-0.2, -0.15) is 9.27 Å². The third-order valence-electron chi connectivity index (χ3n) is 4.11. The van der Waals surface area contributed by atoms with Gasteiger partial charge in [0, 0.05) is 35.7 Å². The van der Waals surface area contributed by atoms with Gasteiger partial charge in [0.1, 0.15) is 0 Å². The fourth-order valence-electron chi connectivity index (χ4n) is 3.13. The highest BCUT2D eigenvalue weighted by Gasteiger charge is 2.45. The third-order valence-corrected chi connectivity index (χ3v) is 4.11. The second-order valence-corrected chi connectivity index (χ2v) is 5.49. The summed E-state index contributed by atoms with van der Waals surface area (Å²) in [4.78, 5) is 6.48. The summed E-state index contributed by atoms with van der Waals surface area (Å²) in [6.45, 7) is 2.26. The van der Waals surface area contributed by atoms with Gasteiger partial charge in [0.15, 0.2) is 12.1 Å². The molecule has 0 spiro atoms. The first kappa shape index (κ1) is 12.3.